The molecule has 0 unspecified atom stereocenters. The number of benzene rings is 1. The topological polar surface area (TPSA) is 72.9 Å². The first-order valence-corrected chi connectivity index (χ1v) is 8.04. The second kappa shape index (κ2) is 8.64. The molecule has 1 aromatic carbocycles. The van der Waals surface area contributed by atoms with Crippen LogP contribution in [0.5, 0.6) is 0 Å². The predicted octanol–water partition coefficient (Wildman–Crippen LogP) is 1.03. The highest BCUT2D eigenvalue weighted by molar-refractivity contribution is 5.94. The van der Waals surface area contributed by atoms with Crippen LogP contribution in [0.25, 0.3) is 0 Å². The van der Waals surface area contributed by atoms with Crippen molar-refractivity contribution in [2.75, 3.05) is 39.8 Å². The number of aliphatic carboxylic acids is 1. The summed E-state index contributed by atoms with van der Waals surface area (Å²) in [7, 11) is 2.13. The third kappa shape index (κ3) is 6.00. The number of nitrogens with one attached hydrogen (secondary N) is 1. The summed E-state index contributed by atoms with van der Waals surface area (Å²) in [6.07, 6.45) is 0.520. The Morgan fingerprint density at radius 1 is 1.22 bits per heavy atom. The minimum atomic E-state index is -0.839. The van der Waals surface area contributed by atoms with E-state index in [9.17, 15) is 9.59 Å². The lowest BCUT2D eigenvalue weighted by molar-refractivity contribution is -0.137. The number of carboxylic acids is 1. The van der Waals surface area contributed by atoms with Gasteiger partial charge in [-0.05, 0) is 31.2 Å². The number of carbonyl (C=O) groups is 2. The summed E-state index contributed by atoms with van der Waals surface area (Å²) in [5.74, 6) is -0.982. The molecule has 0 atom stereocenters. The molecule has 6 heteroatoms. The Morgan fingerprint density at radius 2 is 1.96 bits per heavy atom. The Labute approximate surface area is 137 Å². The smallest absolute Gasteiger partial charge is 0.303 e. The molecule has 1 aliphatic rings. The minimum Gasteiger partial charge on any atom is -0.481 e. The molecule has 2 N–H and O–H groups in total. The van der Waals surface area contributed by atoms with Gasteiger partial charge < -0.3 is 15.3 Å². The van der Waals surface area contributed by atoms with E-state index in [1.165, 1.54) is 0 Å². The van der Waals surface area contributed by atoms with Crippen LogP contribution in [0.3, 0.4) is 0 Å². The van der Waals surface area contributed by atoms with Crippen LogP contribution in [-0.2, 0) is 11.3 Å². The van der Waals surface area contributed by atoms with Gasteiger partial charge in [-0.3, -0.25) is 14.5 Å². The van der Waals surface area contributed by atoms with Crippen molar-refractivity contribution in [1.29, 1.82) is 0 Å². The lowest BCUT2D eigenvalue weighted by Gasteiger charge is -2.32. The molecule has 0 aromatic heterocycles. The first kappa shape index (κ1) is 17.4. The monoisotopic (exact) mass is 319 g/mol. The number of amides is 1. The molecule has 2 rings (SSSR count). The first-order valence-electron chi connectivity index (χ1n) is 8.04. The number of hydrogen-bond acceptors (Lipinski definition) is 4. The maximum Gasteiger partial charge on any atom is 0.303 e. The standard InChI is InChI=1S/C17H25N3O3/c1-19-8-10-20(11-9-19)13-14-4-2-5-15(12-14)17(23)18-7-3-6-16(21)22/h2,4-5,12H,3,6-11,13H2,1H3,(H,18,23)(H,21,22). The molecule has 0 spiro atoms. The molecule has 0 saturated carbocycles. The van der Waals surface area contributed by atoms with Crippen molar-refractivity contribution in [2.45, 2.75) is 19.4 Å². The number of carbonyl (C=O) groups excluding carboxylic acids is 1. The highest BCUT2D eigenvalue weighted by Crippen LogP contribution is 2.10. The number of hydrogen-bond donors (Lipinski definition) is 2. The summed E-state index contributed by atoms with van der Waals surface area (Å²) in [5.41, 5.74) is 1.76. The van der Waals surface area contributed by atoms with Crippen molar-refractivity contribution in [2.24, 2.45) is 0 Å². The van der Waals surface area contributed by atoms with E-state index < -0.39 is 5.97 Å². The van der Waals surface area contributed by atoms with E-state index in [4.69, 9.17) is 5.11 Å². The van der Waals surface area contributed by atoms with Gasteiger partial charge >= 0.3 is 5.97 Å². The van der Waals surface area contributed by atoms with Gasteiger partial charge in [0, 0.05) is 51.3 Å². The number of rotatable bonds is 7. The average molecular weight is 319 g/mol. The van der Waals surface area contributed by atoms with E-state index >= 15 is 0 Å². The van der Waals surface area contributed by atoms with Crippen LogP contribution >= 0.6 is 0 Å². The molecule has 1 amide bonds. The predicted molar refractivity (Wildman–Crippen MR) is 88.4 cm³/mol. The van der Waals surface area contributed by atoms with Crippen LogP contribution in [-0.4, -0.2) is 66.6 Å². The largest absolute Gasteiger partial charge is 0.481 e. The van der Waals surface area contributed by atoms with Gasteiger partial charge in [0.15, 0.2) is 0 Å². The molecule has 0 radical (unpaired) electrons. The second-order valence-electron chi connectivity index (χ2n) is 6.03. The highest BCUT2D eigenvalue weighted by Gasteiger charge is 2.14. The SMILES string of the molecule is CN1CCN(Cc2cccc(C(=O)NCCCC(=O)O)c2)CC1. The van der Waals surface area contributed by atoms with Crippen LogP contribution in [0.1, 0.15) is 28.8 Å². The van der Waals surface area contributed by atoms with Crippen molar-refractivity contribution >= 4 is 11.9 Å². The molecule has 1 fully saturated rings. The fourth-order valence-corrected chi connectivity index (χ4v) is 2.62. The Kier molecular flexibility index (Phi) is 6.55. The van der Waals surface area contributed by atoms with Crippen LogP contribution in [0.15, 0.2) is 24.3 Å². The number of piperazine rings is 1. The number of carboxylic acid groups (broad SMARTS) is 1. The van der Waals surface area contributed by atoms with Gasteiger partial charge in [-0.25, -0.2) is 0 Å². The van der Waals surface area contributed by atoms with E-state index in [1.807, 2.05) is 18.2 Å². The normalized spacial score (nSPS) is 16.2. The summed E-state index contributed by atoms with van der Waals surface area (Å²) in [5, 5.41) is 11.4. The van der Waals surface area contributed by atoms with Gasteiger partial charge in [-0.15, -0.1) is 0 Å². The minimum absolute atomic E-state index is 0.0731. The second-order valence-corrected chi connectivity index (χ2v) is 6.03. The summed E-state index contributed by atoms with van der Waals surface area (Å²) in [6.45, 7) is 5.47. The van der Waals surface area contributed by atoms with Crippen molar-refractivity contribution in [1.82, 2.24) is 15.1 Å². The lowest BCUT2D eigenvalue weighted by atomic mass is 10.1. The Bertz CT molecular complexity index is 540. The summed E-state index contributed by atoms with van der Waals surface area (Å²) >= 11 is 0. The molecular formula is C17H25N3O3. The van der Waals surface area contributed by atoms with Gasteiger partial charge in [0.25, 0.3) is 5.91 Å². The molecule has 23 heavy (non-hydrogen) atoms. The average Bonchev–Trinajstić information content (AvgIpc) is 2.54. The van der Waals surface area contributed by atoms with Gasteiger partial charge in [-0.2, -0.15) is 0 Å². The molecule has 126 valence electrons. The lowest BCUT2D eigenvalue weighted by Crippen LogP contribution is -2.43. The number of nitrogens with zero attached hydrogens (tertiary/aromatic N) is 2. The van der Waals surface area contributed by atoms with Crippen molar-refractivity contribution in [3.63, 3.8) is 0 Å². The zero-order valence-electron chi connectivity index (χ0n) is 13.6. The van der Waals surface area contributed by atoms with E-state index in [0.717, 1.165) is 38.3 Å². The summed E-state index contributed by atoms with van der Waals surface area (Å²) in [6, 6.07) is 7.65. The van der Waals surface area contributed by atoms with E-state index in [2.05, 4.69) is 22.2 Å². The van der Waals surface area contributed by atoms with Crippen LogP contribution in [0, 0.1) is 0 Å². The van der Waals surface area contributed by atoms with E-state index in [1.54, 1.807) is 6.07 Å². The van der Waals surface area contributed by atoms with Gasteiger partial charge in [-0.1, -0.05) is 12.1 Å². The van der Waals surface area contributed by atoms with Crippen molar-refractivity contribution in [3.05, 3.63) is 35.4 Å². The highest BCUT2D eigenvalue weighted by atomic mass is 16.4. The van der Waals surface area contributed by atoms with Gasteiger partial charge in [0.2, 0.25) is 0 Å². The zero-order valence-corrected chi connectivity index (χ0v) is 13.6. The number of likely N-dealkylation sites (N-methyl/N-ethyl adjacent to an activating group) is 1. The summed E-state index contributed by atoms with van der Waals surface area (Å²) in [4.78, 5) is 27.3. The first-order chi connectivity index (χ1) is 11.0. The molecule has 1 heterocycles. The van der Waals surface area contributed by atoms with Gasteiger partial charge in [0.1, 0.15) is 0 Å². The molecule has 1 saturated heterocycles. The van der Waals surface area contributed by atoms with Crippen molar-refractivity contribution < 1.29 is 14.7 Å². The molecule has 6 nitrogen and oxygen atoms in total. The van der Waals surface area contributed by atoms with Crippen LogP contribution < -0.4 is 5.32 Å². The Balaban J connectivity index is 1.83. The van der Waals surface area contributed by atoms with Crippen molar-refractivity contribution in [3.8, 4) is 0 Å². The van der Waals surface area contributed by atoms with E-state index in [0.29, 0.717) is 18.5 Å². The maximum absolute atomic E-state index is 12.1. The molecule has 1 aliphatic heterocycles. The Hall–Kier alpha value is -1.92. The quantitative estimate of drug-likeness (QED) is 0.735. The van der Waals surface area contributed by atoms with Gasteiger partial charge in [0.05, 0.1) is 0 Å². The fraction of sp³-hybridized carbons (Fsp3) is 0.529. The van der Waals surface area contributed by atoms with Crippen LogP contribution in [0.4, 0.5) is 0 Å². The molecule has 1 aromatic rings. The third-order valence-corrected chi connectivity index (χ3v) is 4.04. The Morgan fingerprint density at radius 3 is 2.65 bits per heavy atom. The van der Waals surface area contributed by atoms with Crippen LogP contribution in [0.2, 0.25) is 0 Å². The summed E-state index contributed by atoms with van der Waals surface area (Å²) < 4.78 is 0. The fourth-order valence-electron chi connectivity index (χ4n) is 2.62. The molecule has 0 bridgehead atoms. The molecular weight excluding hydrogens is 294 g/mol. The van der Waals surface area contributed by atoms with E-state index in [-0.39, 0.29) is 12.3 Å². The third-order valence-electron chi connectivity index (χ3n) is 4.04. The molecule has 0 aliphatic carbocycles. The maximum atomic E-state index is 12.1. The zero-order chi connectivity index (χ0) is 16.7.